The average molecular weight is 358 g/mol. The molecule has 5 nitrogen and oxygen atoms in total. The Morgan fingerprint density at radius 2 is 2.24 bits per heavy atom. The number of hydrogen-bond acceptors (Lipinski definition) is 5. The van der Waals surface area contributed by atoms with Crippen LogP contribution in [-0.2, 0) is 11.3 Å². The molecule has 1 saturated carbocycles. The quantitative estimate of drug-likeness (QED) is 0.904. The Bertz CT molecular complexity index is 759. The number of rotatable bonds is 4. The van der Waals surface area contributed by atoms with E-state index in [0.717, 1.165) is 36.0 Å². The van der Waals surface area contributed by atoms with Crippen molar-refractivity contribution in [2.24, 2.45) is 0 Å². The highest BCUT2D eigenvalue weighted by Gasteiger charge is 2.34. The van der Waals surface area contributed by atoms with Crippen LogP contribution in [0.4, 0.5) is 0 Å². The molecule has 1 saturated heterocycles. The second kappa shape index (κ2) is 7.23. The summed E-state index contributed by atoms with van der Waals surface area (Å²) >= 11 is 1.58. The Kier molecular flexibility index (Phi) is 4.83. The van der Waals surface area contributed by atoms with Crippen LogP contribution in [0.15, 0.2) is 29.6 Å². The van der Waals surface area contributed by atoms with Gasteiger partial charge in [0.25, 0.3) is 0 Å². The lowest BCUT2D eigenvalue weighted by molar-refractivity contribution is -0.0914. The van der Waals surface area contributed by atoms with E-state index in [1.165, 1.54) is 25.7 Å². The number of thiazole rings is 1. The molecule has 2 aromatic rings. The molecule has 0 radical (unpaired) electrons. The van der Waals surface area contributed by atoms with Crippen LogP contribution in [0.5, 0.6) is 0 Å². The van der Waals surface area contributed by atoms with Crippen LogP contribution in [-0.4, -0.2) is 46.3 Å². The third-order valence-electron chi connectivity index (χ3n) is 5.12. The fourth-order valence-electron chi connectivity index (χ4n) is 3.88. The molecule has 0 spiro atoms. The highest BCUT2D eigenvalue weighted by molar-refractivity contribution is 7.13. The average Bonchev–Trinajstić information content (AvgIpc) is 3.11. The van der Waals surface area contributed by atoms with E-state index >= 15 is 0 Å². The first-order chi connectivity index (χ1) is 12.2. The van der Waals surface area contributed by atoms with Crippen LogP contribution < -0.4 is 0 Å². The fourth-order valence-corrected chi connectivity index (χ4v) is 4.69. The minimum absolute atomic E-state index is 0.299. The predicted octanol–water partition coefficient (Wildman–Crippen LogP) is 3.65. The molecule has 2 unspecified atom stereocenters. The molecule has 2 fully saturated rings. The summed E-state index contributed by atoms with van der Waals surface area (Å²) in [4.78, 5) is 18.4. The highest BCUT2D eigenvalue weighted by Crippen LogP contribution is 2.30. The van der Waals surface area contributed by atoms with Crippen molar-refractivity contribution >= 4 is 17.3 Å². The first-order valence-corrected chi connectivity index (χ1v) is 9.72. The van der Waals surface area contributed by atoms with Gasteiger partial charge in [0.2, 0.25) is 0 Å². The van der Waals surface area contributed by atoms with E-state index in [4.69, 9.17) is 14.8 Å². The van der Waals surface area contributed by atoms with Gasteiger partial charge in [0, 0.05) is 30.1 Å². The number of carbonyl (C=O) groups is 1. The maximum absolute atomic E-state index is 11.2. The van der Waals surface area contributed by atoms with Crippen molar-refractivity contribution in [1.82, 2.24) is 9.88 Å². The van der Waals surface area contributed by atoms with E-state index in [2.05, 4.69) is 10.3 Å². The molecule has 0 bridgehead atoms. The molecule has 4 rings (SSSR count). The Hall–Kier alpha value is -1.76. The molecule has 2 atom stereocenters. The standard InChI is InChI=1S/C19H22N2O3S/c22-19(23)14-5-3-4-13(10-14)18-20-15(12-25-18)11-21-8-9-24-17-7-2-1-6-16(17)21/h3-5,10,12,16-17H,1-2,6-9,11H2,(H,22,23). The number of ether oxygens (including phenoxy) is 1. The second-order valence-corrected chi connectivity index (χ2v) is 7.62. The number of carboxylic acids is 1. The van der Waals surface area contributed by atoms with Gasteiger partial charge in [0.1, 0.15) is 5.01 Å². The Balaban J connectivity index is 1.49. The lowest BCUT2D eigenvalue weighted by atomic mass is 9.90. The molecule has 1 N–H and O–H groups in total. The van der Waals surface area contributed by atoms with Crippen LogP contribution in [0.1, 0.15) is 41.7 Å². The lowest BCUT2D eigenvalue weighted by Gasteiger charge is -2.43. The summed E-state index contributed by atoms with van der Waals surface area (Å²) in [5, 5.41) is 12.1. The minimum Gasteiger partial charge on any atom is -0.478 e. The van der Waals surface area contributed by atoms with Crippen LogP contribution in [0.2, 0.25) is 0 Å². The van der Waals surface area contributed by atoms with Gasteiger partial charge < -0.3 is 9.84 Å². The normalized spacial score (nSPS) is 24.0. The topological polar surface area (TPSA) is 62.7 Å². The van der Waals surface area contributed by atoms with E-state index < -0.39 is 5.97 Å². The molecule has 1 aromatic carbocycles. The minimum atomic E-state index is -0.907. The summed E-state index contributed by atoms with van der Waals surface area (Å²) in [5.41, 5.74) is 2.23. The number of fused-ring (bicyclic) bond motifs is 1. The highest BCUT2D eigenvalue weighted by atomic mass is 32.1. The molecular formula is C19H22N2O3S. The number of aromatic nitrogens is 1. The largest absolute Gasteiger partial charge is 0.478 e. The molecular weight excluding hydrogens is 336 g/mol. The summed E-state index contributed by atoms with van der Waals surface area (Å²) in [6, 6.07) is 7.51. The van der Waals surface area contributed by atoms with Gasteiger partial charge in [0.15, 0.2) is 0 Å². The van der Waals surface area contributed by atoms with E-state index in [1.807, 2.05) is 6.07 Å². The van der Waals surface area contributed by atoms with Crippen LogP contribution in [0.3, 0.4) is 0 Å². The first kappa shape index (κ1) is 16.7. The van der Waals surface area contributed by atoms with Crippen molar-refractivity contribution in [2.45, 2.75) is 44.4 Å². The smallest absolute Gasteiger partial charge is 0.335 e. The monoisotopic (exact) mass is 358 g/mol. The number of carboxylic acid groups (broad SMARTS) is 1. The van der Waals surface area contributed by atoms with Crippen LogP contribution in [0.25, 0.3) is 10.6 Å². The molecule has 6 heteroatoms. The Morgan fingerprint density at radius 1 is 1.36 bits per heavy atom. The number of benzene rings is 1. The molecule has 25 heavy (non-hydrogen) atoms. The zero-order valence-electron chi connectivity index (χ0n) is 14.1. The van der Waals surface area contributed by atoms with Crippen molar-refractivity contribution in [3.63, 3.8) is 0 Å². The van der Waals surface area contributed by atoms with Gasteiger partial charge in [-0.1, -0.05) is 25.0 Å². The van der Waals surface area contributed by atoms with Gasteiger partial charge in [-0.05, 0) is 25.0 Å². The number of hydrogen-bond donors (Lipinski definition) is 1. The Morgan fingerprint density at radius 3 is 3.12 bits per heavy atom. The lowest BCUT2D eigenvalue weighted by Crippen LogP contribution is -2.52. The summed E-state index contributed by atoms with van der Waals surface area (Å²) < 4.78 is 5.94. The van der Waals surface area contributed by atoms with Gasteiger partial charge in [-0.15, -0.1) is 11.3 Å². The fraction of sp³-hybridized carbons (Fsp3) is 0.474. The van der Waals surface area contributed by atoms with E-state index in [-0.39, 0.29) is 0 Å². The summed E-state index contributed by atoms with van der Waals surface area (Å²) in [7, 11) is 0. The first-order valence-electron chi connectivity index (χ1n) is 8.84. The zero-order chi connectivity index (χ0) is 17.2. The second-order valence-electron chi connectivity index (χ2n) is 6.76. The molecule has 1 aromatic heterocycles. The van der Waals surface area contributed by atoms with Gasteiger partial charge in [0.05, 0.1) is 24.0 Å². The number of nitrogens with zero attached hydrogens (tertiary/aromatic N) is 2. The van der Waals surface area contributed by atoms with E-state index in [9.17, 15) is 4.79 Å². The molecule has 132 valence electrons. The molecule has 2 aliphatic rings. The molecule has 2 heterocycles. The van der Waals surface area contributed by atoms with Crippen molar-refractivity contribution in [3.05, 3.63) is 40.9 Å². The SMILES string of the molecule is O=C(O)c1cccc(-c2nc(CN3CCOC4CCCCC43)cs2)c1. The number of aromatic carboxylic acids is 1. The number of morpholine rings is 1. The molecule has 0 amide bonds. The van der Waals surface area contributed by atoms with Gasteiger partial charge >= 0.3 is 5.97 Å². The maximum Gasteiger partial charge on any atom is 0.335 e. The third-order valence-corrected chi connectivity index (χ3v) is 6.06. The van der Waals surface area contributed by atoms with Gasteiger partial charge in [-0.3, -0.25) is 4.90 Å². The van der Waals surface area contributed by atoms with Crippen molar-refractivity contribution in [1.29, 1.82) is 0 Å². The zero-order valence-corrected chi connectivity index (χ0v) is 14.9. The van der Waals surface area contributed by atoms with Gasteiger partial charge in [-0.2, -0.15) is 0 Å². The molecule has 1 aliphatic carbocycles. The summed E-state index contributed by atoms with van der Waals surface area (Å²) in [6.45, 7) is 2.61. The predicted molar refractivity (Wildman–Crippen MR) is 96.9 cm³/mol. The van der Waals surface area contributed by atoms with Crippen molar-refractivity contribution in [2.75, 3.05) is 13.2 Å². The summed E-state index contributed by atoms with van der Waals surface area (Å²) in [6.07, 6.45) is 5.32. The van der Waals surface area contributed by atoms with Crippen molar-refractivity contribution < 1.29 is 14.6 Å². The van der Waals surface area contributed by atoms with Crippen LogP contribution >= 0.6 is 11.3 Å². The Labute approximate surface area is 151 Å². The third kappa shape index (κ3) is 3.61. The maximum atomic E-state index is 11.2. The van der Waals surface area contributed by atoms with Crippen LogP contribution in [0, 0.1) is 0 Å². The van der Waals surface area contributed by atoms with E-state index in [1.54, 1.807) is 29.5 Å². The molecule has 1 aliphatic heterocycles. The van der Waals surface area contributed by atoms with Gasteiger partial charge in [-0.25, -0.2) is 9.78 Å². The summed E-state index contributed by atoms with van der Waals surface area (Å²) in [5.74, 6) is -0.907. The van der Waals surface area contributed by atoms with Crippen molar-refractivity contribution in [3.8, 4) is 10.6 Å². The van der Waals surface area contributed by atoms with E-state index in [0.29, 0.717) is 17.7 Å².